The number of methoxy groups -OCH3 is 1. The second kappa shape index (κ2) is 5.06. The molecule has 17 heavy (non-hydrogen) atoms. The summed E-state index contributed by atoms with van der Waals surface area (Å²) in [5, 5.41) is 16.7. The summed E-state index contributed by atoms with van der Waals surface area (Å²) in [5.74, 6) is -0.0314. The summed E-state index contributed by atoms with van der Waals surface area (Å²) in [7, 11) is 1.28. The van der Waals surface area contributed by atoms with Gasteiger partial charge in [0, 0.05) is 0 Å². The molecule has 0 bridgehead atoms. The third kappa shape index (κ3) is 2.68. The van der Waals surface area contributed by atoms with E-state index in [2.05, 4.69) is 35.7 Å². The number of nitrogens with one attached hydrogen (secondary N) is 2. The highest BCUT2D eigenvalue weighted by molar-refractivity contribution is 7.18. The summed E-state index contributed by atoms with van der Waals surface area (Å²) in [5.41, 5.74) is 0. The van der Waals surface area contributed by atoms with Gasteiger partial charge in [0.05, 0.1) is 13.7 Å². The highest BCUT2D eigenvalue weighted by atomic mass is 35.5. The molecule has 0 saturated carbocycles. The average Bonchev–Trinajstić information content (AvgIpc) is 2.94. The van der Waals surface area contributed by atoms with Crippen molar-refractivity contribution in [1.29, 1.82) is 0 Å². The lowest BCUT2D eigenvalue weighted by Crippen LogP contribution is -2.00. The minimum atomic E-state index is -0.514. The van der Waals surface area contributed by atoms with Gasteiger partial charge in [0.25, 0.3) is 0 Å². The van der Waals surface area contributed by atoms with Crippen molar-refractivity contribution in [3.8, 4) is 0 Å². The number of nitrogens with zero attached hydrogens (tertiary/aromatic N) is 4. The maximum atomic E-state index is 11.3. The second-order valence-corrected chi connectivity index (χ2v) is 4.17. The zero-order chi connectivity index (χ0) is 12.3. The van der Waals surface area contributed by atoms with E-state index in [0.29, 0.717) is 17.5 Å². The number of carbonyl (C=O) groups excluding carboxylic acids is 1. The highest BCUT2D eigenvalue weighted by Crippen LogP contribution is 2.27. The Bertz CT molecular complexity index is 512. The van der Waals surface area contributed by atoms with Crippen molar-refractivity contribution in [3.63, 3.8) is 0 Å². The van der Waals surface area contributed by atoms with Crippen molar-refractivity contribution >= 4 is 34.0 Å². The van der Waals surface area contributed by atoms with Gasteiger partial charge in [-0.25, -0.2) is 9.78 Å². The van der Waals surface area contributed by atoms with Gasteiger partial charge in [-0.3, -0.25) is 0 Å². The Kier molecular flexibility index (Phi) is 3.49. The smallest absolute Gasteiger partial charge is 0.351 e. The summed E-state index contributed by atoms with van der Waals surface area (Å²) >= 11 is 6.89. The quantitative estimate of drug-likeness (QED) is 0.791. The minimum Gasteiger partial charge on any atom is -0.465 e. The van der Waals surface area contributed by atoms with E-state index in [9.17, 15) is 4.79 Å². The standard InChI is InChI=1S/C7H7ClN6O2S/c1-16-6(15)4-5(8)10-7(17-4)9-2-3-11-13-14-12-3/h2H2,1H3,(H,9,10)(H,11,12,13,14). The molecule has 0 saturated heterocycles. The fraction of sp³-hybridized carbons (Fsp3) is 0.286. The zero-order valence-corrected chi connectivity index (χ0v) is 10.2. The number of aromatic nitrogens is 5. The largest absolute Gasteiger partial charge is 0.465 e. The number of hydrogen-bond acceptors (Lipinski definition) is 8. The Morgan fingerprint density at radius 3 is 3.12 bits per heavy atom. The van der Waals surface area contributed by atoms with Crippen LogP contribution in [0.1, 0.15) is 15.5 Å². The molecule has 0 aliphatic heterocycles. The van der Waals surface area contributed by atoms with Crippen molar-refractivity contribution in [2.75, 3.05) is 12.4 Å². The molecule has 0 aliphatic carbocycles. The van der Waals surface area contributed by atoms with Crippen LogP contribution in [0.25, 0.3) is 0 Å². The monoisotopic (exact) mass is 274 g/mol. The molecule has 0 fully saturated rings. The molecule has 0 radical (unpaired) electrons. The predicted molar refractivity (Wildman–Crippen MR) is 60.0 cm³/mol. The number of tetrazole rings is 1. The number of ether oxygens (including phenoxy) is 1. The van der Waals surface area contributed by atoms with E-state index in [0.717, 1.165) is 11.3 Å². The van der Waals surface area contributed by atoms with Crippen LogP contribution in [0.4, 0.5) is 5.13 Å². The van der Waals surface area contributed by atoms with Crippen LogP contribution >= 0.6 is 22.9 Å². The molecule has 2 heterocycles. The Balaban J connectivity index is 2.05. The van der Waals surface area contributed by atoms with E-state index in [1.165, 1.54) is 7.11 Å². The number of aromatic amines is 1. The minimum absolute atomic E-state index is 0.109. The predicted octanol–water partition coefficient (Wildman–Crippen LogP) is 0.708. The normalized spacial score (nSPS) is 10.2. The Labute approximate surface area is 104 Å². The van der Waals surface area contributed by atoms with E-state index in [4.69, 9.17) is 11.6 Å². The molecule has 0 spiro atoms. The molecule has 2 rings (SSSR count). The van der Waals surface area contributed by atoms with Gasteiger partial charge in [-0.05, 0) is 0 Å². The molecule has 0 atom stereocenters. The number of carbonyl (C=O) groups is 1. The maximum absolute atomic E-state index is 11.3. The van der Waals surface area contributed by atoms with Gasteiger partial charge in [-0.2, -0.15) is 5.21 Å². The number of hydrogen-bond donors (Lipinski definition) is 2. The van der Waals surface area contributed by atoms with E-state index in [1.54, 1.807) is 0 Å². The third-order valence-electron chi connectivity index (χ3n) is 1.74. The summed E-state index contributed by atoms with van der Waals surface area (Å²) in [4.78, 5) is 15.5. The molecule has 2 aromatic rings. The van der Waals surface area contributed by atoms with Crippen molar-refractivity contribution in [2.45, 2.75) is 6.54 Å². The van der Waals surface area contributed by atoms with E-state index in [-0.39, 0.29) is 10.0 Å². The lowest BCUT2D eigenvalue weighted by Gasteiger charge is -1.95. The molecule has 10 heteroatoms. The van der Waals surface area contributed by atoms with Crippen LogP contribution in [0.2, 0.25) is 5.15 Å². The number of halogens is 1. The van der Waals surface area contributed by atoms with Crippen LogP contribution in [-0.2, 0) is 11.3 Å². The lowest BCUT2D eigenvalue weighted by molar-refractivity contribution is 0.0606. The van der Waals surface area contributed by atoms with Crippen LogP contribution in [-0.4, -0.2) is 38.7 Å². The summed E-state index contributed by atoms with van der Waals surface area (Å²) in [6, 6.07) is 0. The molecule has 8 nitrogen and oxygen atoms in total. The average molecular weight is 275 g/mol. The van der Waals surface area contributed by atoms with Gasteiger partial charge in [0.2, 0.25) is 0 Å². The first-order valence-electron chi connectivity index (χ1n) is 4.41. The van der Waals surface area contributed by atoms with Gasteiger partial charge < -0.3 is 10.1 Å². The molecule has 0 aromatic carbocycles. The van der Waals surface area contributed by atoms with Crippen molar-refractivity contribution in [3.05, 3.63) is 15.9 Å². The van der Waals surface area contributed by atoms with Gasteiger partial charge >= 0.3 is 5.97 Å². The first kappa shape index (κ1) is 11.7. The first-order valence-corrected chi connectivity index (χ1v) is 5.61. The Hall–Kier alpha value is -1.74. The second-order valence-electron chi connectivity index (χ2n) is 2.81. The lowest BCUT2D eigenvalue weighted by atomic mass is 10.6. The number of thiazole rings is 1. The van der Waals surface area contributed by atoms with Gasteiger partial charge in [0.1, 0.15) is 0 Å². The molecule has 2 N–H and O–H groups in total. The number of rotatable bonds is 4. The molecule has 2 aromatic heterocycles. The summed E-state index contributed by atoms with van der Waals surface area (Å²) in [6.07, 6.45) is 0. The van der Waals surface area contributed by atoms with E-state index < -0.39 is 5.97 Å². The zero-order valence-electron chi connectivity index (χ0n) is 8.60. The third-order valence-corrected chi connectivity index (χ3v) is 3.12. The molecule has 90 valence electrons. The van der Waals surface area contributed by atoms with Gasteiger partial charge in [-0.1, -0.05) is 28.2 Å². The maximum Gasteiger partial charge on any atom is 0.351 e. The molecule has 0 aliphatic rings. The Morgan fingerprint density at radius 1 is 1.65 bits per heavy atom. The molecular weight excluding hydrogens is 268 g/mol. The van der Waals surface area contributed by atoms with Gasteiger partial charge in [0.15, 0.2) is 21.0 Å². The van der Waals surface area contributed by atoms with Gasteiger partial charge in [-0.15, -0.1) is 10.2 Å². The van der Waals surface area contributed by atoms with E-state index in [1.807, 2.05) is 0 Å². The van der Waals surface area contributed by atoms with Crippen LogP contribution < -0.4 is 5.32 Å². The number of esters is 1. The van der Waals surface area contributed by atoms with Crippen molar-refractivity contribution in [1.82, 2.24) is 25.6 Å². The van der Waals surface area contributed by atoms with Crippen LogP contribution in [0.3, 0.4) is 0 Å². The highest BCUT2D eigenvalue weighted by Gasteiger charge is 2.17. The molecule has 0 unspecified atom stereocenters. The molecule has 0 amide bonds. The van der Waals surface area contributed by atoms with Crippen LogP contribution in [0, 0.1) is 0 Å². The summed E-state index contributed by atoms with van der Waals surface area (Å²) in [6.45, 7) is 0.334. The first-order chi connectivity index (χ1) is 8.20. The van der Waals surface area contributed by atoms with Crippen molar-refractivity contribution < 1.29 is 9.53 Å². The Morgan fingerprint density at radius 2 is 2.47 bits per heavy atom. The summed E-state index contributed by atoms with van der Waals surface area (Å²) < 4.78 is 4.56. The SMILES string of the molecule is COC(=O)c1sc(NCc2nn[nH]n2)nc1Cl. The van der Waals surface area contributed by atoms with Crippen LogP contribution in [0.5, 0.6) is 0 Å². The van der Waals surface area contributed by atoms with E-state index >= 15 is 0 Å². The fourth-order valence-electron chi connectivity index (χ4n) is 1.01. The van der Waals surface area contributed by atoms with Crippen molar-refractivity contribution in [2.24, 2.45) is 0 Å². The van der Waals surface area contributed by atoms with Crippen LogP contribution in [0.15, 0.2) is 0 Å². The number of anilines is 1. The number of H-pyrrole nitrogens is 1. The topological polar surface area (TPSA) is 106 Å². The fourth-order valence-corrected chi connectivity index (χ4v) is 2.11. The molecular formula is C7H7ClN6O2S.